The molecule has 6 heteroatoms. The van der Waals surface area contributed by atoms with E-state index < -0.39 is 10.1 Å². The third kappa shape index (κ3) is 9.75. The number of likely N-dealkylation sites (N-methyl/N-ethyl adjacent to an activating group) is 2. The Morgan fingerprint density at radius 2 is 1.62 bits per heavy atom. The lowest BCUT2D eigenvalue weighted by atomic mass is 10.5. The maximum absolute atomic E-state index is 10.4. The molecular formula is C7H18N2O3S. The van der Waals surface area contributed by atoms with Crippen LogP contribution in [0.4, 0.5) is 0 Å². The van der Waals surface area contributed by atoms with Crippen LogP contribution in [0.5, 0.6) is 0 Å². The molecule has 0 saturated heterocycles. The van der Waals surface area contributed by atoms with Crippen LogP contribution in [0.25, 0.3) is 0 Å². The molecule has 80 valence electrons. The summed E-state index contributed by atoms with van der Waals surface area (Å²) in [7, 11) is 1.93. The van der Waals surface area contributed by atoms with Crippen LogP contribution in [0.15, 0.2) is 0 Å². The summed E-state index contributed by atoms with van der Waals surface area (Å²) in [6.07, 6.45) is 0. The van der Waals surface area contributed by atoms with E-state index in [4.69, 9.17) is 4.55 Å². The predicted molar refractivity (Wildman–Crippen MR) is 52.5 cm³/mol. The Labute approximate surface area is 80.1 Å². The molecule has 0 saturated carbocycles. The van der Waals surface area contributed by atoms with Crippen molar-refractivity contribution in [1.82, 2.24) is 9.80 Å². The van der Waals surface area contributed by atoms with Gasteiger partial charge in [-0.1, -0.05) is 0 Å². The van der Waals surface area contributed by atoms with Crippen molar-refractivity contribution in [3.63, 3.8) is 0 Å². The van der Waals surface area contributed by atoms with E-state index in [0.717, 1.165) is 13.1 Å². The summed E-state index contributed by atoms with van der Waals surface area (Å²) < 4.78 is 29.3. The summed E-state index contributed by atoms with van der Waals surface area (Å²) in [5.74, 6) is -0.197. The molecule has 0 aromatic carbocycles. The van der Waals surface area contributed by atoms with Crippen molar-refractivity contribution in [2.45, 2.75) is 0 Å². The molecule has 0 rings (SSSR count). The number of rotatable bonds is 6. The molecule has 5 nitrogen and oxygen atoms in total. The quantitative estimate of drug-likeness (QED) is 0.591. The third-order valence-electron chi connectivity index (χ3n) is 1.66. The van der Waals surface area contributed by atoms with Crippen molar-refractivity contribution in [3.05, 3.63) is 0 Å². The molecule has 0 radical (unpaired) electrons. The number of hydrogen-bond acceptors (Lipinski definition) is 4. The highest BCUT2D eigenvalue weighted by Crippen LogP contribution is 1.87. The first-order chi connectivity index (χ1) is 5.81. The molecule has 0 unspecified atom stereocenters. The first-order valence-corrected chi connectivity index (χ1v) is 5.70. The van der Waals surface area contributed by atoms with Gasteiger partial charge in [-0.25, -0.2) is 0 Å². The standard InChI is InChI=1S/C7H18N2O3S/c1-8(2)4-5-9(3)6-7-13(10,11)12/h4-7H2,1-3H3,(H,10,11,12). The van der Waals surface area contributed by atoms with Crippen LogP contribution in [0, 0.1) is 0 Å². The lowest BCUT2D eigenvalue weighted by Crippen LogP contribution is -2.32. The number of nitrogens with zero attached hydrogens (tertiary/aromatic N) is 2. The van der Waals surface area contributed by atoms with E-state index >= 15 is 0 Å². The molecule has 0 fully saturated rings. The average molecular weight is 210 g/mol. The van der Waals surface area contributed by atoms with E-state index in [-0.39, 0.29) is 5.75 Å². The minimum absolute atomic E-state index is 0.197. The molecule has 0 spiro atoms. The van der Waals surface area contributed by atoms with Gasteiger partial charge in [0.1, 0.15) is 0 Å². The molecule has 0 heterocycles. The number of hydrogen-bond donors (Lipinski definition) is 1. The van der Waals surface area contributed by atoms with Crippen LogP contribution in [0.2, 0.25) is 0 Å². The largest absolute Gasteiger partial charge is 0.308 e. The molecular weight excluding hydrogens is 192 g/mol. The van der Waals surface area contributed by atoms with Crippen LogP contribution in [-0.4, -0.2) is 69.3 Å². The summed E-state index contributed by atoms with van der Waals surface area (Å²) >= 11 is 0. The average Bonchev–Trinajstić information content (AvgIpc) is 1.95. The minimum Gasteiger partial charge on any atom is -0.308 e. The zero-order chi connectivity index (χ0) is 10.5. The van der Waals surface area contributed by atoms with Gasteiger partial charge in [-0.05, 0) is 21.1 Å². The van der Waals surface area contributed by atoms with Crippen LogP contribution in [-0.2, 0) is 10.1 Å². The highest BCUT2D eigenvalue weighted by molar-refractivity contribution is 7.85. The van der Waals surface area contributed by atoms with E-state index in [1.165, 1.54) is 0 Å². The predicted octanol–water partition coefficient (Wildman–Crippen LogP) is -0.632. The Kier molecular flexibility index (Phi) is 5.46. The van der Waals surface area contributed by atoms with Crippen LogP contribution >= 0.6 is 0 Å². The van der Waals surface area contributed by atoms with Gasteiger partial charge in [0.15, 0.2) is 0 Å². The summed E-state index contributed by atoms with van der Waals surface area (Å²) in [6, 6.07) is 0. The minimum atomic E-state index is -3.81. The van der Waals surface area contributed by atoms with Gasteiger partial charge in [0, 0.05) is 19.6 Å². The second kappa shape index (κ2) is 5.54. The van der Waals surface area contributed by atoms with Crippen molar-refractivity contribution in [3.8, 4) is 0 Å². The Hall–Kier alpha value is -0.170. The topological polar surface area (TPSA) is 60.9 Å². The monoisotopic (exact) mass is 210 g/mol. The second-order valence-electron chi connectivity index (χ2n) is 3.39. The van der Waals surface area contributed by atoms with Crippen LogP contribution in [0.3, 0.4) is 0 Å². The van der Waals surface area contributed by atoms with E-state index in [1.807, 2.05) is 30.9 Å². The molecule has 0 aliphatic carbocycles. The Morgan fingerprint density at radius 3 is 2.00 bits per heavy atom. The van der Waals surface area contributed by atoms with E-state index in [9.17, 15) is 8.42 Å². The fraction of sp³-hybridized carbons (Fsp3) is 1.00. The first kappa shape index (κ1) is 12.8. The zero-order valence-corrected chi connectivity index (χ0v) is 9.21. The fourth-order valence-corrected chi connectivity index (χ4v) is 1.30. The van der Waals surface area contributed by atoms with Gasteiger partial charge in [0.25, 0.3) is 10.1 Å². The molecule has 0 aliphatic rings. The smallest absolute Gasteiger partial charge is 0.266 e. The van der Waals surface area contributed by atoms with E-state index in [1.54, 1.807) is 0 Å². The molecule has 0 bridgehead atoms. The molecule has 0 aliphatic heterocycles. The molecule has 0 aromatic rings. The molecule has 0 atom stereocenters. The van der Waals surface area contributed by atoms with Crippen molar-refractivity contribution in [2.75, 3.05) is 46.5 Å². The highest BCUT2D eigenvalue weighted by Gasteiger charge is 2.06. The molecule has 0 aromatic heterocycles. The van der Waals surface area contributed by atoms with Crippen molar-refractivity contribution in [1.29, 1.82) is 0 Å². The van der Waals surface area contributed by atoms with Gasteiger partial charge in [-0.2, -0.15) is 8.42 Å². The van der Waals surface area contributed by atoms with Gasteiger partial charge < -0.3 is 9.80 Å². The Morgan fingerprint density at radius 1 is 1.08 bits per heavy atom. The van der Waals surface area contributed by atoms with Crippen LogP contribution < -0.4 is 0 Å². The van der Waals surface area contributed by atoms with Gasteiger partial charge in [0.2, 0.25) is 0 Å². The first-order valence-electron chi connectivity index (χ1n) is 4.09. The normalized spacial score (nSPS) is 12.8. The van der Waals surface area contributed by atoms with E-state index in [0.29, 0.717) is 6.54 Å². The van der Waals surface area contributed by atoms with Crippen molar-refractivity contribution < 1.29 is 13.0 Å². The zero-order valence-electron chi connectivity index (χ0n) is 8.39. The maximum atomic E-state index is 10.4. The summed E-state index contributed by atoms with van der Waals surface area (Å²) in [6.45, 7) is 2.04. The lowest BCUT2D eigenvalue weighted by Gasteiger charge is -2.18. The third-order valence-corrected chi connectivity index (χ3v) is 2.36. The van der Waals surface area contributed by atoms with Gasteiger partial charge in [-0.15, -0.1) is 0 Å². The fourth-order valence-electron chi connectivity index (χ4n) is 0.754. The summed E-state index contributed by atoms with van der Waals surface area (Å²) in [5, 5.41) is 0. The molecule has 0 amide bonds. The Bertz CT molecular complexity index is 226. The maximum Gasteiger partial charge on any atom is 0.266 e. The lowest BCUT2D eigenvalue weighted by molar-refractivity contribution is 0.291. The van der Waals surface area contributed by atoms with Crippen molar-refractivity contribution in [2.24, 2.45) is 0 Å². The van der Waals surface area contributed by atoms with E-state index in [2.05, 4.69) is 0 Å². The van der Waals surface area contributed by atoms with Crippen LogP contribution in [0.1, 0.15) is 0 Å². The van der Waals surface area contributed by atoms with Gasteiger partial charge >= 0.3 is 0 Å². The second-order valence-corrected chi connectivity index (χ2v) is 4.96. The van der Waals surface area contributed by atoms with Gasteiger partial charge in [0.05, 0.1) is 5.75 Å². The SMILES string of the molecule is CN(C)CCN(C)CCS(=O)(=O)O. The molecule has 1 N–H and O–H groups in total. The summed E-state index contributed by atoms with van der Waals surface area (Å²) in [5.41, 5.74) is 0. The highest BCUT2D eigenvalue weighted by atomic mass is 32.2. The summed E-state index contributed by atoms with van der Waals surface area (Å²) in [4.78, 5) is 3.89. The van der Waals surface area contributed by atoms with Gasteiger partial charge in [-0.3, -0.25) is 4.55 Å². The van der Waals surface area contributed by atoms with Crippen molar-refractivity contribution >= 4 is 10.1 Å². The molecule has 13 heavy (non-hydrogen) atoms. The Balaban J connectivity index is 3.58.